The van der Waals surface area contributed by atoms with Crippen molar-refractivity contribution in [3.63, 3.8) is 0 Å². The number of nitrogens with zero attached hydrogens (tertiary/aromatic N) is 3. The van der Waals surface area contributed by atoms with Crippen LogP contribution in [-0.2, 0) is 6.54 Å². The Labute approximate surface area is 89.9 Å². The fourth-order valence-corrected chi connectivity index (χ4v) is 1.43. The average molecular weight is 228 g/mol. The van der Waals surface area contributed by atoms with E-state index >= 15 is 0 Å². The zero-order valence-electron chi connectivity index (χ0n) is 8.52. The Bertz CT molecular complexity index is 511. The van der Waals surface area contributed by atoms with Gasteiger partial charge in [0, 0.05) is 6.07 Å². The number of nitrogens with two attached hydrogens (primary N) is 1. The Hall–Kier alpha value is -1.92. The zero-order valence-corrected chi connectivity index (χ0v) is 8.52. The summed E-state index contributed by atoms with van der Waals surface area (Å²) in [6, 6.07) is 3.22. The molecule has 0 aliphatic heterocycles. The molecule has 0 aromatic carbocycles. The minimum Gasteiger partial charge on any atom is -0.481 e. The topological polar surface area (TPSA) is 66.0 Å². The van der Waals surface area contributed by atoms with E-state index in [1.807, 2.05) is 0 Å². The molecule has 0 aliphatic carbocycles. The third-order valence-electron chi connectivity index (χ3n) is 2.13. The summed E-state index contributed by atoms with van der Waals surface area (Å²) in [5, 5.41) is 0. The summed E-state index contributed by atoms with van der Waals surface area (Å²) in [5.41, 5.74) is 6.31. The van der Waals surface area contributed by atoms with Crippen molar-refractivity contribution in [1.29, 1.82) is 0 Å². The normalized spacial score (nSPS) is 11.2. The Balaban J connectivity index is 2.56. The maximum atomic E-state index is 12.3. The van der Waals surface area contributed by atoms with Crippen LogP contribution in [0, 0.1) is 0 Å². The fraction of sp³-hybridized carbons (Fsp3) is 0.333. The molecule has 0 saturated carbocycles. The first kappa shape index (κ1) is 10.6. The van der Waals surface area contributed by atoms with Crippen molar-refractivity contribution in [3.05, 3.63) is 12.1 Å². The van der Waals surface area contributed by atoms with Gasteiger partial charge in [0.2, 0.25) is 11.8 Å². The van der Waals surface area contributed by atoms with Crippen molar-refractivity contribution in [2.75, 3.05) is 12.8 Å². The van der Waals surface area contributed by atoms with Crippen LogP contribution < -0.4 is 10.5 Å². The van der Waals surface area contributed by atoms with E-state index in [0.717, 1.165) is 0 Å². The predicted octanol–water partition coefficient (Wildman–Crippen LogP) is 1.29. The maximum Gasteiger partial charge on any atom is 0.256 e. The molecule has 2 aromatic heterocycles. The number of rotatable bonds is 3. The fourth-order valence-electron chi connectivity index (χ4n) is 1.43. The van der Waals surface area contributed by atoms with Crippen molar-refractivity contribution < 1.29 is 13.5 Å². The van der Waals surface area contributed by atoms with Crippen LogP contribution in [0.25, 0.3) is 11.2 Å². The zero-order chi connectivity index (χ0) is 11.7. The Morgan fingerprint density at radius 1 is 1.44 bits per heavy atom. The molecule has 7 heteroatoms. The lowest BCUT2D eigenvalue weighted by molar-refractivity contribution is 0.128. The van der Waals surface area contributed by atoms with Crippen molar-refractivity contribution in [2.24, 2.45) is 0 Å². The lowest BCUT2D eigenvalue weighted by atomic mass is 10.4. The Morgan fingerprint density at radius 3 is 2.81 bits per heavy atom. The van der Waals surface area contributed by atoms with E-state index in [9.17, 15) is 8.78 Å². The first-order valence-corrected chi connectivity index (χ1v) is 4.56. The highest BCUT2D eigenvalue weighted by Gasteiger charge is 2.14. The number of ether oxygens (including phenoxy) is 1. The third kappa shape index (κ3) is 1.75. The van der Waals surface area contributed by atoms with Crippen molar-refractivity contribution >= 4 is 17.1 Å². The molecule has 2 heterocycles. The lowest BCUT2D eigenvalue weighted by Gasteiger charge is -2.04. The summed E-state index contributed by atoms with van der Waals surface area (Å²) in [6.45, 7) is -0.525. The molecule has 0 aliphatic rings. The maximum absolute atomic E-state index is 12.3. The summed E-state index contributed by atoms with van der Waals surface area (Å²) in [4.78, 5) is 7.96. The minimum absolute atomic E-state index is 0.0241. The molecule has 2 N–H and O–H groups in total. The van der Waals surface area contributed by atoms with Gasteiger partial charge in [-0.2, -0.15) is 4.98 Å². The summed E-state index contributed by atoms with van der Waals surface area (Å²) in [6.07, 6.45) is -2.51. The Morgan fingerprint density at radius 2 is 2.19 bits per heavy atom. The second kappa shape index (κ2) is 3.92. The average Bonchev–Trinajstić information content (AvgIpc) is 2.54. The summed E-state index contributed by atoms with van der Waals surface area (Å²) in [5.74, 6) is 0.360. The van der Waals surface area contributed by atoms with E-state index < -0.39 is 13.0 Å². The smallest absolute Gasteiger partial charge is 0.256 e. The monoisotopic (exact) mass is 228 g/mol. The first-order chi connectivity index (χ1) is 7.61. The molecule has 0 radical (unpaired) electrons. The van der Waals surface area contributed by atoms with Gasteiger partial charge in [-0.1, -0.05) is 0 Å². The van der Waals surface area contributed by atoms with Crippen LogP contribution in [0.1, 0.15) is 0 Å². The number of alkyl halides is 2. The van der Waals surface area contributed by atoms with E-state index in [-0.39, 0.29) is 5.95 Å². The summed E-state index contributed by atoms with van der Waals surface area (Å²) in [7, 11) is 1.45. The number of anilines is 1. The number of methoxy groups -OCH3 is 1. The highest BCUT2D eigenvalue weighted by molar-refractivity contribution is 5.74. The van der Waals surface area contributed by atoms with Crippen LogP contribution in [-0.4, -0.2) is 28.1 Å². The van der Waals surface area contributed by atoms with Crippen molar-refractivity contribution in [1.82, 2.24) is 14.5 Å². The molecular weight excluding hydrogens is 218 g/mol. The molecule has 0 bridgehead atoms. The van der Waals surface area contributed by atoms with E-state index in [2.05, 4.69) is 9.97 Å². The number of hydrogen-bond acceptors (Lipinski definition) is 4. The quantitative estimate of drug-likeness (QED) is 0.859. The SMILES string of the molecule is COc1ccc2nc(N)n(CC(F)F)c2n1. The minimum atomic E-state index is -2.51. The van der Waals surface area contributed by atoms with E-state index in [1.54, 1.807) is 12.1 Å². The second-order valence-corrected chi connectivity index (χ2v) is 3.17. The van der Waals surface area contributed by atoms with E-state index in [0.29, 0.717) is 17.0 Å². The molecule has 0 spiro atoms. The molecule has 0 atom stereocenters. The summed E-state index contributed by atoms with van der Waals surface area (Å²) < 4.78 is 30.7. The van der Waals surface area contributed by atoms with Crippen LogP contribution in [0.2, 0.25) is 0 Å². The van der Waals surface area contributed by atoms with E-state index in [1.165, 1.54) is 11.7 Å². The molecule has 0 unspecified atom stereocenters. The van der Waals surface area contributed by atoms with Crippen molar-refractivity contribution in [3.8, 4) is 5.88 Å². The Kier molecular flexibility index (Phi) is 2.59. The van der Waals surface area contributed by atoms with Gasteiger partial charge < -0.3 is 10.5 Å². The van der Waals surface area contributed by atoms with Gasteiger partial charge in [0.15, 0.2) is 5.65 Å². The van der Waals surface area contributed by atoms with Gasteiger partial charge in [0.05, 0.1) is 13.7 Å². The molecule has 0 saturated heterocycles. The van der Waals surface area contributed by atoms with E-state index in [4.69, 9.17) is 10.5 Å². The third-order valence-corrected chi connectivity index (χ3v) is 2.13. The second-order valence-electron chi connectivity index (χ2n) is 3.17. The first-order valence-electron chi connectivity index (χ1n) is 4.56. The van der Waals surface area contributed by atoms with Crippen molar-refractivity contribution in [2.45, 2.75) is 13.0 Å². The molecule has 2 aromatic rings. The van der Waals surface area contributed by atoms with Gasteiger partial charge in [-0.3, -0.25) is 4.57 Å². The van der Waals surface area contributed by atoms with Gasteiger partial charge >= 0.3 is 0 Å². The molecule has 0 amide bonds. The number of imidazole rings is 1. The molecular formula is C9H10F2N4O. The number of fused-ring (bicyclic) bond motifs is 1. The number of hydrogen-bond donors (Lipinski definition) is 1. The summed E-state index contributed by atoms with van der Waals surface area (Å²) >= 11 is 0. The standard InChI is InChI=1S/C9H10F2N4O/c1-16-7-3-2-5-8(14-7)15(4-6(10)11)9(12)13-5/h2-3,6H,4H2,1H3,(H2,12,13). The largest absolute Gasteiger partial charge is 0.481 e. The number of nitrogen functional groups attached to an aromatic ring is 1. The van der Waals surface area contributed by atoms with Gasteiger partial charge in [0.1, 0.15) is 5.52 Å². The predicted molar refractivity (Wildman–Crippen MR) is 54.5 cm³/mol. The highest BCUT2D eigenvalue weighted by atomic mass is 19.3. The van der Waals surface area contributed by atoms with Crippen LogP contribution >= 0.6 is 0 Å². The van der Waals surface area contributed by atoms with Crippen LogP contribution in [0.3, 0.4) is 0 Å². The van der Waals surface area contributed by atoms with Crippen LogP contribution in [0.5, 0.6) is 5.88 Å². The molecule has 86 valence electrons. The van der Waals surface area contributed by atoms with Gasteiger partial charge in [0.25, 0.3) is 6.43 Å². The molecule has 16 heavy (non-hydrogen) atoms. The van der Waals surface area contributed by atoms with Crippen LogP contribution in [0.4, 0.5) is 14.7 Å². The van der Waals surface area contributed by atoms with Gasteiger partial charge in [-0.15, -0.1) is 0 Å². The molecule has 0 fully saturated rings. The number of pyridine rings is 1. The van der Waals surface area contributed by atoms with Crippen LogP contribution in [0.15, 0.2) is 12.1 Å². The highest BCUT2D eigenvalue weighted by Crippen LogP contribution is 2.20. The lowest BCUT2D eigenvalue weighted by Crippen LogP contribution is -2.10. The van der Waals surface area contributed by atoms with Gasteiger partial charge in [-0.25, -0.2) is 13.8 Å². The molecule has 2 rings (SSSR count). The van der Waals surface area contributed by atoms with Gasteiger partial charge in [-0.05, 0) is 6.07 Å². The number of halogens is 2. The molecule has 5 nitrogen and oxygen atoms in total. The number of aromatic nitrogens is 3.